The number of fused-ring (bicyclic) bond motifs is 1. The number of imidazole rings is 1. The summed E-state index contributed by atoms with van der Waals surface area (Å²) in [5, 5.41) is 9.42. The molecule has 8 nitrogen and oxygen atoms in total. The summed E-state index contributed by atoms with van der Waals surface area (Å²) < 4.78 is 30.7. The van der Waals surface area contributed by atoms with Crippen LogP contribution in [0.3, 0.4) is 0 Å². The van der Waals surface area contributed by atoms with Gasteiger partial charge < -0.3 is 9.47 Å². The summed E-state index contributed by atoms with van der Waals surface area (Å²) >= 11 is 0. The third-order valence-electron chi connectivity index (χ3n) is 5.78. The lowest BCUT2D eigenvalue weighted by Crippen LogP contribution is -2.51. The van der Waals surface area contributed by atoms with E-state index in [9.17, 15) is 13.7 Å². The van der Waals surface area contributed by atoms with Crippen molar-refractivity contribution in [2.45, 2.75) is 30.8 Å². The van der Waals surface area contributed by atoms with Gasteiger partial charge in [-0.1, -0.05) is 12.2 Å². The van der Waals surface area contributed by atoms with E-state index in [1.165, 1.54) is 10.5 Å². The summed E-state index contributed by atoms with van der Waals surface area (Å²) in [6, 6.07) is 10.6. The number of anilines is 1. The van der Waals surface area contributed by atoms with Crippen molar-refractivity contribution in [3.8, 4) is 6.07 Å². The van der Waals surface area contributed by atoms with Gasteiger partial charge >= 0.3 is 0 Å². The van der Waals surface area contributed by atoms with Crippen molar-refractivity contribution < 1.29 is 8.42 Å². The number of sulfonamides is 1. The van der Waals surface area contributed by atoms with Crippen LogP contribution in [0, 0.1) is 11.3 Å². The zero-order chi connectivity index (χ0) is 23.6. The first-order chi connectivity index (χ1) is 15.8. The van der Waals surface area contributed by atoms with E-state index < -0.39 is 10.0 Å². The van der Waals surface area contributed by atoms with Crippen LogP contribution in [0.15, 0.2) is 72.3 Å². The summed E-state index contributed by atoms with van der Waals surface area (Å²) in [6.45, 7) is 7.06. The highest BCUT2D eigenvalue weighted by Crippen LogP contribution is 2.33. The molecule has 0 bridgehead atoms. The molecule has 0 N–H and O–H groups in total. The van der Waals surface area contributed by atoms with E-state index in [0.717, 1.165) is 22.5 Å². The number of nitriles is 1. The number of pyridine rings is 1. The minimum atomic E-state index is -3.81. The molecular weight excluding hydrogens is 436 g/mol. The molecule has 0 saturated heterocycles. The Bertz CT molecular complexity index is 1310. The van der Waals surface area contributed by atoms with Crippen LogP contribution < -0.4 is 4.90 Å². The fourth-order valence-corrected chi connectivity index (χ4v) is 5.82. The van der Waals surface area contributed by atoms with E-state index in [-0.39, 0.29) is 17.5 Å². The Morgan fingerprint density at radius 2 is 2.12 bits per heavy atom. The number of rotatable bonds is 7. The van der Waals surface area contributed by atoms with Crippen LogP contribution in [-0.4, -0.2) is 46.4 Å². The molecule has 0 aliphatic carbocycles. The first kappa shape index (κ1) is 22.7. The van der Waals surface area contributed by atoms with E-state index in [2.05, 4.69) is 27.5 Å². The van der Waals surface area contributed by atoms with Crippen LogP contribution in [0.2, 0.25) is 0 Å². The minimum Gasteiger partial charge on any atom is -0.364 e. The van der Waals surface area contributed by atoms with Crippen molar-refractivity contribution in [3.05, 3.63) is 84.2 Å². The molecular formula is C24H26N6O2S. The second-order valence-electron chi connectivity index (χ2n) is 8.39. The zero-order valence-electron chi connectivity index (χ0n) is 18.7. The Labute approximate surface area is 194 Å². The largest absolute Gasteiger partial charge is 0.364 e. The second-order valence-corrected chi connectivity index (χ2v) is 10.3. The van der Waals surface area contributed by atoms with Crippen LogP contribution in [0.1, 0.15) is 23.7 Å². The van der Waals surface area contributed by atoms with Crippen molar-refractivity contribution in [1.82, 2.24) is 18.8 Å². The van der Waals surface area contributed by atoms with Crippen molar-refractivity contribution in [2.24, 2.45) is 7.05 Å². The molecule has 170 valence electrons. The third-order valence-corrected chi connectivity index (χ3v) is 7.66. The van der Waals surface area contributed by atoms with Gasteiger partial charge in [0, 0.05) is 50.5 Å². The maximum atomic E-state index is 13.6. The summed E-state index contributed by atoms with van der Waals surface area (Å²) in [7, 11) is -1.87. The molecule has 4 rings (SSSR count). The van der Waals surface area contributed by atoms with Gasteiger partial charge in [0.15, 0.2) is 0 Å². The van der Waals surface area contributed by atoms with Gasteiger partial charge in [0.2, 0.25) is 10.0 Å². The number of nitrogens with zero attached hydrogens (tertiary/aromatic N) is 6. The van der Waals surface area contributed by atoms with E-state index in [1.54, 1.807) is 30.7 Å². The topological polar surface area (TPSA) is 95.1 Å². The van der Waals surface area contributed by atoms with Crippen LogP contribution in [0.4, 0.5) is 5.69 Å². The molecule has 1 aliphatic rings. The Hall–Kier alpha value is -3.48. The number of hydrogen-bond donors (Lipinski definition) is 0. The van der Waals surface area contributed by atoms with Crippen molar-refractivity contribution in [1.29, 1.82) is 5.26 Å². The molecule has 3 heterocycles. The number of aryl methyl sites for hydroxylation is 1. The van der Waals surface area contributed by atoms with Gasteiger partial charge in [-0.05, 0) is 49.2 Å². The molecule has 0 amide bonds. The van der Waals surface area contributed by atoms with Crippen molar-refractivity contribution in [3.63, 3.8) is 0 Å². The van der Waals surface area contributed by atoms with E-state index in [4.69, 9.17) is 0 Å². The smallest absolute Gasteiger partial charge is 0.245 e. The first-order valence-corrected chi connectivity index (χ1v) is 12.0. The molecule has 1 aromatic carbocycles. The Morgan fingerprint density at radius 3 is 2.76 bits per heavy atom. The van der Waals surface area contributed by atoms with Gasteiger partial charge in [0.25, 0.3) is 0 Å². The molecule has 3 aromatic rings. The summed E-state index contributed by atoms with van der Waals surface area (Å²) in [4.78, 5) is 10.5. The van der Waals surface area contributed by atoms with Gasteiger partial charge in [-0.3, -0.25) is 4.98 Å². The van der Waals surface area contributed by atoms with Gasteiger partial charge in [-0.15, -0.1) is 0 Å². The average molecular weight is 463 g/mol. The molecule has 0 saturated carbocycles. The van der Waals surface area contributed by atoms with Crippen LogP contribution in [0.25, 0.3) is 0 Å². The molecule has 2 aromatic heterocycles. The maximum absolute atomic E-state index is 13.6. The highest BCUT2D eigenvalue weighted by Gasteiger charge is 2.36. The normalized spacial score (nSPS) is 15.8. The Kier molecular flexibility index (Phi) is 6.31. The molecule has 1 atom stereocenters. The Balaban J connectivity index is 1.77. The lowest BCUT2D eigenvalue weighted by atomic mass is 9.95. The second kappa shape index (κ2) is 9.17. The molecule has 33 heavy (non-hydrogen) atoms. The monoisotopic (exact) mass is 462 g/mol. The molecule has 1 aliphatic heterocycles. The predicted octanol–water partition coefficient (Wildman–Crippen LogP) is 2.89. The molecule has 0 radical (unpaired) electrons. The maximum Gasteiger partial charge on any atom is 0.245 e. The lowest BCUT2D eigenvalue weighted by molar-refractivity contribution is 0.326. The van der Waals surface area contributed by atoms with Gasteiger partial charge in [-0.2, -0.15) is 9.57 Å². The van der Waals surface area contributed by atoms with Crippen LogP contribution >= 0.6 is 0 Å². The zero-order valence-corrected chi connectivity index (χ0v) is 19.5. The highest BCUT2D eigenvalue weighted by atomic mass is 32.2. The van der Waals surface area contributed by atoms with E-state index in [1.807, 2.05) is 36.9 Å². The molecule has 1 unspecified atom stereocenters. The Morgan fingerprint density at radius 1 is 1.30 bits per heavy atom. The number of aromatic nitrogens is 3. The summed E-state index contributed by atoms with van der Waals surface area (Å²) in [5.41, 5.74) is 4.25. The van der Waals surface area contributed by atoms with Gasteiger partial charge in [-0.25, -0.2) is 13.4 Å². The van der Waals surface area contributed by atoms with Crippen molar-refractivity contribution >= 4 is 15.7 Å². The molecule has 0 fully saturated rings. The van der Waals surface area contributed by atoms with Gasteiger partial charge in [0.05, 0.1) is 30.2 Å². The fourth-order valence-electron chi connectivity index (χ4n) is 4.18. The average Bonchev–Trinajstić information content (AvgIpc) is 3.21. The summed E-state index contributed by atoms with van der Waals surface area (Å²) in [6.07, 6.45) is 6.98. The number of benzene rings is 1. The third kappa shape index (κ3) is 4.67. The molecule has 0 spiro atoms. The van der Waals surface area contributed by atoms with Crippen molar-refractivity contribution in [2.75, 3.05) is 18.0 Å². The minimum absolute atomic E-state index is 0.154. The first-order valence-electron chi connectivity index (χ1n) is 10.6. The fraction of sp³-hybridized carbons (Fsp3) is 0.292. The standard InChI is InChI=1S/C24H26N6O2S/c1-18(2)14-30(33(31,32)23-5-4-8-26-13-23)21-10-20-9-19(11-25)6-7-24(20)29(15-21)16-22-12-27-17-28(22)3/h4-9,12-13,17,21H,1,10,14-16H2,2-3H3. The van der Waals surface area contributed by atoms with Gasteiger partial charge in [0.1, 0.15) is 4.90 Å². The number of hydrogen-bond acceptors (Lipinski definition) is 6. The van der Waals surface area contributed by atoms with Crippen LogP contribution in [-0.2, 0) is 30.0 Å². The quantitative estimate of drug-likeness (QED) is 0.501. The summed E-state index contributed by atoms with van der Waals surface area (Å²) in [5.74, 6) is 0. The lowest BCUT2D eigenvalue weighted by Gasteiger charge is -2.41. The van der Waals surface area contributed by atoms with Crippen LogP contribution in [0.5, 0.6) is 0 Å². The van der Waals surface area contributed by atoms with E-state index in [0.29, 0.717) is 25.1 Å². The molecule has 9 heteroatoms. The highest BCUT2D eigenvalue weighted by molar-refractivity contribution is 7.89. The predicted molar refractivity (Wildman–Crippen MR) is 126 cm³/mol. The SMILES string of the molecule is C=C(C)CN(C1Cc2cc(C#N)ccc2N(Cc2cncn2C)C1)S(=O)(=O)c1cccnc1. The van der Waals surface area contributed by atoms with E-state index >= 15 is 0 Å².